The van der Waals surface area contributed by atoms with Crippen LogP contribution in [0.1, 0.15) is 25.7 Å². The Morgan fingerprint density at radius 2 is 2.07 bits per heavy atom. The van der Waals surface area contributed by atoms with E-state index in [0.29, 0.717) is 5.92 Å². The molecule has 2 saturated carbocycles. The first kappa shape index (κ1) is 9.49. The topological polar surface area (TPSA) is 55.4 Å². The Hall–Kier alpha value is -1.06. The molecule has 0 aromatic heterocycles. The summed E-state index contributed by atoms with van der Waals surface area (Å²) in [5.74, 6) is -0.0191. The Kier molecular flexibility index (Phi) is 2.44. The molecule has 14 heavy (non-hydrogen) atoms. The summed E-state index contributed by atoms with van der Waals surface area (Å²) < 4.78 is 4.35. The van der Waals surface area contributed by atoms with Gasteiger partial charge in [-0.15, -0.1) is 0 Å². The molecule has 0 saturated heterocycles. The Balaban J connectivity index is 1.87. The summed E-state index contributed by atoms with van der Waals surface area (Å²) in [5, 5.41) is 2.75. The second kappa shape index (κ2) is 3.59. The Labute approximate surface area is 83.0 Å². The number of rotatable bonds is 1. The van der Waals surface area contributed by atoms with E-state index in [1.807, 2.05) is 0 Å². The summed E-state index contributed by atoms with van der Waals surface area (Å²) in [6, 6.07) is 0.209. The van der Waals surface area contributed by atoms with Crippen molar-refractivity contribution in [1.82, 2.24) is 5.32 Å². The largest absolute Gasteiger partial charge is 0.462 e. The second-order valence-corrected chi connectivity index (χ2v) is 4.25. The van der Waals surface area contributed by atoms with Gasteiger partial charge in [-0.1, -0.05) is 6.42 Å². The molecule has 2 rings (SSSR count). The zero-order valence-corrected chi connectivity index (χ0v) is 8.29. The number of esters is 1. The van der Waals surface area contributed by atoms with Crippen molar-refractivity contribution in [1.29, 1.82) is 0 Å². The van der Waals surface area contributed by atoms with Crippen molar-refractivity contribution < 1.29 is 14.3 Å². The quantitative estimate of drug-likeness (QED) is 0.491. The van der Waals surface area contributed by atoms with Crippen LogP contribution in [-0.2, 0) is 14.3 Å². The molecule has 78 valence electrons. The smallest absolute Gasteiger partial charge is 0.396 e. The number of carbonyl (C=O) groups excluding carboxylic acids is 2. The van der Waals surface area contributed by atoms with Crippen molar-refractivity contribution in [2.45, 2.75) is 31.7 Å². The number of hydrogen-bond acceptors (Lipinski definition) is 3. The van der Waals surface area contributed by atoms with E-state index in [1.54, 1.807) is 0 Å². The molecular formula is C10H15NO3. The van der Waals surface area contributed by atoms with Crippen LogP contribution in [0.15, 0.2) is 0 Å². The first-order valence-electron chi connectivity index (χ1n) is 5.09. The third-order valence-electron chi connectivity index (χ3n) is 3.43. The van der Waals surface area contributed by atoms with Gasteiger partial charge in [-0.3, -0.25) is 4.79 Å². The number of methoxy groups -OCH3 is 1. The Bertz CT molecular complexity index is 264. The first-order valence-corrected chi connectivity index (χ1v) is 5.09. The van der Waals surface area contributed by atoms with Gasteiger partial charge in [-0.2, -0.15) is 0 Å². The minimum absolute atomic E-state index is 0.209. The molecule has 1 amide bonds. The minimum atomic E-state index is -0.784. The maximum atomic E-state index is 11.2. The highest BCUT2D eigenvalue weighted by Gasteiger charge is 2.40. The van der Waals surface area contributed by atoms with Gasteiger partial charge in [0, 0.05) is 6.04 Å². The van der Waals surface area contributed by atoms with E-state index < -0.39 is 11.9 Å². The van der Waals surface area contributed by atoms with Crippen LogP contribution in [0.4, 0.5) is 0 Å². The van der Waals surface area contributed by atoms with Gasteiger partial charge in [0.05, 0.1) is 7.11 Å². The van der Waals surface area contributed by atoms with Gasteiger partial charge in [0.15, 0.2) is 0 Å². The SMILES string of the molecule is COC(=O)C(=O)NC1CC2CCC1C2. The Morgan fingerprint density at radius 1 is 1.29 bits per heavy atom. The molecule has 2 aliphatic rings. The molecule has 0 heterocycles. The summed E-state index contributed by atoms with van der Waals surface area (Å²) in [6.45, 7) is 0. The van der Waals surface area contributed by atoms with Crippen LogP contribution in [0.5, 0.6) is 0 Å². The molecule has 0 radical (unpaired) electrons. The first-order chi connectivity index (χ1) is 6.70. The van der Waals surface area contributed by atoms with Gasteiger partial charge in [0.1, 0.15) is 0 Å². The van der Waals surface area contributed by atoms with Gasteiger partial charge in [0.25, 0.3) is 0 Å². The van der Waals surface area contributed by atoms with Crippen molar-refractivity contribution in [3.8, 4) is 0 Å². The lowest BCUT2D eigenvalue weighted by Crippen LogP contribution is -2.42. The molecule has 1 N–H and O–H groups in total. The summed E-state index contributed by atoms with van der Waals surface area (Å²) in [6.07, 6.45) is 4.73. The number of amides is 1. The second-order valence-electron chi connectivity index (χ2n) is 4.25. The highest BCUT2D eigenvalue weighted by molar-refractivity contribution is 6.32. The fourth-order valence-electron chi connectivity index (χ4n) is 2.74. The van der Waals surface area contributed by atoms with Gasteiger partial charge < -0.3 is 10.1 Å². The molecule has 4 nitrogen and oxygen atoms in total. The van der Waals surface area contributed by atoms with Crippen LogP contribution in [0.25, 0.3) is 0 Å². The predicted octanol–water partition coefficient (Wildman–Crippen LogP) is 0.464. The molecule has 0 aliphatic heterocycles. The van der Waals surface area contributed by atoms with Crippen LogP contribution in [-0.4, -0.2) is 25.0 Å². The van der Waals surface area contributed by atoms with E-state index in [4.69, 9.17) is 0 Å². The van der Waals surface area contributed by atoms with Crippen molar-refractivity contribution in [3.63, 3.8) is 0 Å². The average Bonchev–Trinajstić information content (AvgIpc) is 2.77. The molecule has 4 heteroatoms. The van der Waals surface area contributed by atoms with Gasteiger partial charge in [0.2, 0.25) is 0 Å². The lowest BCUT2D eigenvalue weighted by atomic mass is 9.95. The van der Waals surface area contributed by atoms with E-state index in [9.17, 15) is 9.59 Å². The molecular weight excluding hydrogens is 182 g/mol. The normalized spacial score (nSPS) is 34.2. The summed E-state index contributed by atoms with van der Waals surface area (Å²) in [7, 11) is 1.22. The number of nitrogens with one attached hydrogen (secondary N) is 1. The fraction of sp³-hybridized carbons (Fsp3) is 0.800. The maximum Gasteiger partial charge on any atom is 0.396 e. The summed E-state index contributed by atoms with van der Waals surface area (Å²) in [5.41, 5.74) is 0. The number of fused-ring (bicyclic) bond motifs is 2. The van der Waals surface area contributed by atoms with E-state index >= 15 is 0 Å². The molecule has 3 atom stereocenters. The van der Waals surface area contributed by atoms with Gasteiger partial charge >= 0.3 is 11.9 Å². The lowest BCUT2D eigenvalue weighted by Gasteiger charge is -2.21. The van der Waals surface area contributed by atoms with Crippen LogP contribution in [0, 0.1) is 11.8 Å². The maximum absolute atomic E-state index is 11.2. The van der Waals surface area contributed by atoms with E-state index in [1.165, 1.54) is 26.4 Å². The Morgan fingerprint density at radius 3 is 2.57 bits per heavy atom. The highest BCUT2D eigenvalue weighted by Crippen LogP contribution is 2.44. The molecule has 0 aromatic rings. The zero-order valence-electron chi connectivity index (χ0n) is 8.29. The molecule has 2 fully saturated rings. The van der Waals surface area contributed by atoms with Crippen molar-refractivity contribution in [3.05, 3.63) is 0 Å². The molecule has 0 spiro atoms. The van der Waals surface area contributed by atoms with Crippen molar-refractivity contribution in [2.24, 2.45) is 11.8 Å². The highest BCUT2D eigenvalue weighted by atomic mass is 16.5. The summed E-state index contributed by atoms with van der Waals surface area (Å²) >= 11 is 0. The summed E-state index contributed by atoms with van der Waals surface area (Å²) in [4.78, 5) is 22.1. The molecule has 3 unspecified atom stereocenters. The van der Waals surface area contributed by atoms with Crippen molar-refractivity contribution in [2.75, 3.05) is 7.11 Å². The average molecular weight is 197 g/mol. The molecule has 2 aliphatic carbocycles. The predicted molar refractivity (Wildman–Crippen MR) is 49.4 cm³/mol. The lowest BCUT2D eigenvalue weighted by molar-refractivity contribution is -0.153. The number of hydrogen-bond donors (Lipinski definition) is 1. The number of ether oxygens (including phenoxy) is 1. The van der Waals surface area contributed by atoms with E-state index in [2.05, 4.69) is 10.1 Å². The fourth-order valence-corrected chi connectivity index (χ4v) is 2.74. The minimum Gasteiger partial charge on any atom is -0.462 e. The van der Waals surface area contributed by atoms with Crippen molar-refractivity contribution >= 4 is 11.9 Å². The molecule has 2 bridgehead atoms. The van der Waals surface area contributed by atoms with E-state index in [-0.39, 0.29) is 6.04 Å². The zero-order chi connectivity index (χ0) is 10.1. The van der Waals surface area contributed by atoms with Crippen LogP contribution < -0.4 is 5.32 Å². The van der Waals surface area contributed by atoms with Gasteiger partial charge in [-0.05, 0) is 31.1 Å². The monoisotopic (exact) mass is 197 g/mol. The third kappa shape index (κ3) is 1.61. The van der Waals surface area contributed by atoms with Crippen LogP contribution in [0.3, 0.4) is 0 Å². The van der Waals surface area contributed by atoms with Crippen LogP contribution in [0.2, 0.25) is 0 Å². The molecule has 0 aromatic carbocycles. The number of carbonyl (C=O) groups is 2. The standard InChI is InChI=1S/C10H15NO3/c1-14-10(13)9(12)11-8-5-6-2-3-7(8)4-6/h6-8H,2-5H2,1H3,(H,11,12). The third-order valence-corrected chi connectivity index (χ3v) is 3.43. The van der Waals surface area contributed by atoms with Crippen LogP contribution >= 0.6 is 0 Å². The van der Waals surface area contributed by atoms with E-state index in [0.717, 1.165) is 12.3 Å². The van der Waals surface area contributed by atoms with Gasteiger partial charge in [-0.25, -0.2) is 4.79 Å².